The molecule has 2 rings (SSSR count). The van der Waals surface area contributed by atoms with Gasteiger partial charge in [-0.2, -0.15) is 0 Å². The number of rotatable bonds is 6. The zero-order chi connectivity index (χ0) is 18.3. The molecule has 25 heavy (non-hydrogen) atoms. The second kappa shape index (κ2) is 8.80. The van der Waals surface area contributed by atoms with Crippen molar-refractivity contribution in [3.05, 3.63) is 41.3 Å². The summed E-state index contributed by atoms with van der Waals surface area (Å²) >= 11 is 0. The van der Waals surface area contributed by atoms with E-state index in [0.717, 1.165) is 37.5 Å². The lowest BCUT2D eigenvalue weighted by Gasteiger charge is -2.22. The Morgan fingerprint density at radius 2 is 1.76 bits per heavy atom. The topological polar surface area (TPSA) is 92.3 Å². The van der Waals surface area contributed by atoms with E-state index in [9.17, 15) is 18.0 Å². The third-order valence-electron chi connectivity index (χ3n) is 4.21. The van der Waals surface area contributed by atoms with Crippen molar-refractivity contribution in [3.63, 3.8) is 0 Å². The summed E-state index contributed by atoms with van der Waals surface area (Å²) in [7, 11) is -3.92. The van der Waals surface area contributed by atoms with Crippen molar-refractivity contribution in [2.45, 2.75) is 45.1 Å². The van der Waals surface area contributed by atoms with Crippen LogP contribution in [0.4, 0.5) is 0 Å². The van der Waals surface area contributed by atoms with Gasteiger partial charge in [0.2, 0.25) is 5.91 Å². The fraction of sp³-hybridized carbons (Fsp3) is 0.444. The molecule has 1 unspecified atom stereocenters. The molecule has 1 aliphatic carbocycles. The molecule has 1 aromatic carbocycles. The highest BCUT2D eigenvalue weighted by Crippen LogP contribution is 2.23. The first-order chi connectivity index (χ1) is 11.9. The lowest BCUT2D eigenvalue weighted by Crippen LogP contribution is -2.48. The van der Waals surface area contributed by atoms with Crippen LogP contribution in [0.3, 0.4) is 0 Å². The van der Waals surface area contributed by atoms with Gasteiger partial charge in [0.15, 0.2) is 0 Å². The Labute approximate surface area is 148 Å². The maximum Gasteiger partial charge on any atom is 0.257 e. The Hall–Kier alpha value is -2.15. The molecule has 2 amide bonds. The zero-order valence-corrected chi connectivity index (χ0v) is 15.1. The van der Waals surface area contributed by atoms with Gasteiger partial charge in [-0.05, 0) is 31.4 Å². The highest BCUT2D eigenvalue weighted by Gasteiger charge is 2.25. The Morgan fingerprint density at radius 3 is 2.40 bits per heavy atom. The Morgan fingerprint density at radius 1 is 1.12 bits per heavy atom. The molecule has 136 valence electrons. The van der Waals surface area contributed by atoms with E-state index in [1.165, 1.54) is 13.0 Å². The third-order valence-corrected chi connectivity index (χ3v) is 5.19. The molecule has 0 spiro atoms. The van der Waals surface area contributed by atoms with Crippen LogP contribution in [0.15, 0.2) is 35.7 Å². The molecule has 0 heterocycles. The molecule has 0 radical (unpaired) electrons. The smallest absolute Gasteiger partial charge is 0.257 e. The summed E-state index contributed by atoms with van der Waals surface area (Å²) in [6.45, 7) is 1.48. The van der Waals surface area contributed by atoms with Gasteiger partial charge in [0.1, 0.15) is 6.04 Å². The third kappa shape index (κ3) is 6.34. The lowest BCUT2D eigenvalue weighted by molar-refractivity contribution is -0.130. The monoisotopic (exact) mass is 364 g/mol. The van der Waals surface area contributed by atoms with E-state index in [2.05, 4.69) is 5.32 Å². The largest absolute Gasteiger partial charge is 0.344 e. The van der Waals surface area contributed by atoms with Gasteiger partial charge in [0.25, 0.3) is 15.9 Å². The van der Waals surface area contributed by atoms with Crippen LogP contribution in [-0.4, -0.2) is 26.3 Å². The van der Waals surface area contributed by atoms with E-state index < -0.39 is 22.0 Å². The van der Waals surface area contributed by atoms with Crippen LogP contribution < -0.4 is 10.0 Å². The summed E-state index contributed by atoms with van der Waals surface area (Å²) in [5, 5.41) is 3.55. The fourth-order valence-electron chi connectivity index (χ4n) is 2.76. The molecule has 6 nitrogen and oxygen atoms in total. The molecule has 1 atom stereocenters. The maximum absolute atomic E-state index is 12.1. The molecule has 2 N–H and O–H groups in total. The highest BCUT2D eigenvalue weighted by atomic mass is 32.2. The van der Waals surface area contributed by atoms with E-state index >= 15 is 0 Å². The number of nitrogens with one attached hydrogen (secondary N) is 2. The maximum atomic E-state index is 12.1. The van der Waals surface area contributed by atoms with Gasteiger partial charge in [-0.15, -0.1) is 0 Å². The molecule has 1 aliphatic rings. The number of hydrogen-bond donors (Lipinski definition) is 2. The van der Waals surface area contributed by atoms with E-state index in [4.69, 9.17) is 0 Å². The van der Waals surface area contributed by atoms with Gasteiger partial charge in [0, 0.05) is 5.92 Å². The number of carbonyl (C=O) groups excluding carboxylic acids is 2. The molecule has 1 fully saturated rings. The first kappa shape index (κ1) is 19.2. The highest BCUT2D eigenvalue weighted by molar-refractivity contribution is 7.93. The van der Waals surface area contributed by atoms with Gasteiger partial charge >= 0.3 is 0 Å². The Kier molecular flexibility index (Phi) is 6.75. The quantitative estimate of drug-likeness (QED) is 0.809. The minimum Gasteiger partial charge on any atom is -0.344 e. The normalized spacial score (nSPS) is 17.2. The van der Waals surface area contributed by atoms with E-state index in [-0.39, 0.29) is 11.8 Å². The van der Waals surface area contributed by atoms with Crippen molar-refractivity contribution in [2.75, 3.05) is 0 Å². The van der Waals surface area contributed by atoms with Crippen LogP contribution in [0.2, 0.25) is 0 Å². The van der Waals surface area contributed by atoms with Gasteiger partial charge in [-0.1, -0.05) is 49.6 Å². The van der Waals surface area contributed by atoms with Crippen molar-refractivity contribution in [3.8, 4) is 0 Å². The predicted octanol–water partition coefficient (Wildman–Crippen LogP) is 2.19. The number of amides is 2. The summed E-state index contributed by atoms with van der Waals surface area (Å²) in [4.78, 5) is 24.2. The standard InChI is InChI=1S/C18H24N2O4S/c1-14(19-18(22)16-10-6-3-7-11-16)17(21)20-25(23,24)13-12-15-8-4-2-5-9-15/h2,4-5,8-9,12-14,16H,3,6-7,10-11H2,1H3,(H,19,22)(H,20,21)/b13-12+. The van der Waals surface area contributed by atoms with Crippen LogP contribution in [0.25, 0.3) is 6.08 Å². The van der Waals surface area contributed by atoms with Crippen LogP contribution in [0, 0.1) is 5.92 Å². The van der Waals surface area contributed by atoms with Crippen molar-refractivity contribution in [1.82, 2.24) is 10.0 Å². The van der Waals surface area contributed by atoms with Gasteiger partial charge in [-0.25, -0.2) is 13.1 Å². The molecule has 0 aliphatic heterocycles. The zero-order valence-electron chi connectivity index (χ0n) is 14.3. The predicted molar refractivity (Wildman–Crippen MR) is 96.7 cm³/mol. The summed E-state index contributed by atoms with van der Waals surface area (Å²) in [5.41, 5.74) is 0.707. The van der Waals surface area contributed by atoms with Crippen LogP contribution >= 0.6 is 0 Å². The molecule has 0 aromatic heterocycles. The summed E-state index contributed by atoms with van der Waals surface area (Å²) < 4.78 is 25.9. The average Bonchev–Trinajstić information content (AvgIpc) is 2.61. The van der Waals surface area contributed by atoms with Crippen molar-refractivity contribution < 1.29 is 18.0 Å². The van der Waals surface area contributed by atoms with E-state index in [0.29, 0.717) is 5.56 Å². The molecule has 1 saturated carbocycles. The number of carbonyl (C=O) groups is 2. The number of sulfonamides is 1. The molecule has 7 heteroatoms. The van der Waals surface area contributed by atoms with Crippen molar-refractivity contribution in [2.24, 2.45) is 5.92 Å². The average molecular weight is 364 g/mol. The molecular weight excluding hydrogens is 340 g/mol. The van der Waals surface area contributed by atoms with Crippen molar-refractivity contribution >= 4 is 27.9 Å². The van der Waals surface area contributed by atoms with Crippen LogP contribution in [0.5, 0.6) is 0 Å². The fourth-order valence-corrected chi connectivity index (χ4v) is 3.62. The molecule has 0 bridgehead atoms. The molecular formula is C18H24N2O4S. The Balaban J connectivity index is 1.88. The SMILES string of the molecule is CC(NC(=O)C1CCCCC1)C(=O)NS(=O)(=O)/C=C/c1ccccc1. The van der Waals surface area contributed by atoms with Gasteiger partial charge < -0.3 is 5.32 Å². The lowest BCUT2D eigenvalue weighted by atomic mass is 9.88. The summed E-state index contributed by atoms with van der Waals surface area (Å²) in [6, 6.07) is 7.99. The van der Waals surface area contributed by atoms with Crippen LogP contribution in [0.1, 0.15) is 44.6 Å². The molecule has 0 saturated heterocycles. The first-order valence-corrected chi connectivity index (χ1v) is 10.0. The first-order valence-electron chi connectivity index (χ1n) is 8.47. The summed E-state index contributed by atoms with van der Waals surface area (Å²) in [5.74, 6) is -1.01. The minimum absolute atomic E-state index is 0.0846. The number of hydrogen-bond acceptors (Lipinski definition) is 4. The number of benzene rings is 1. The molecule has 1 aromatic rings. The van der Waals surface area contributed by atoms with Gasteiger partial charge in [-0.3, -0.25) is 9.59 Å². The van der Waals surface area contributed by atoms with Crippen LogP contribution in [-0.2, 0) is 19.6 Å². The second-order valence-electron chi connectivity index (χ2n) is 6.29. The van der Waals surface area contributed by atoms with E-state index in [1.807, 2.05) is 10.8 Å². The van der Waals surface area contributed by atoms with Crippen molar-refractivity contribution in [1.29, 1.82) is 0 Å². The second-order valence-corrected chi connectivity index (χ2v) is 7.86. The summed E-state index contributed by atoms with van der Waals surface area (Å²) in [6.07, 6.45) is 6.19. The minimum atomic E-state index is -3.92. The van der Waals surface area contributed by atoms with Gasteiger partial charge in [0.05, 0.1) is 5.41 Å². The van der Waals surface area contributed by atoms with E-state index in [1.54, 1.807) is 24.3 Å². The Bertz CT molecular complexity index is 723.